The highest BCUT2D eigenvalue weighted by molar-refractivity contribution is 5.99. The Morgan fingerprint density at radius 3 is 2.79 bits per heavy atom. The molecule has 0 saturated heterocycles. The van der Waals surface area contributed by atoms with Crippen molar-refractivity contribution in [1.82, 2.24) is 19.5 Å². The van der Waals surface area contributed by atoms with Gasteiger partial charge >= 0.3 is 0 Å². The van der Waals surface area contributed by atoms with Crippen LogP contribution in [0.25, 0.3) is 10.8 Å². The number of aromatic nitrogens is 4. The second-order valence-electron chi connectivity index (χ2n) is 6.51. The average molecular weight is 374 g/mol. The summed E-state index contributed by atoms with van der Waals surface area (Å²) in [5, 5.41) is 5.46. The quantitative estimate of drug-likeness (QED) is 0.516. The zero-order valence-electron chi connectivity index (χ0n) is 15.7. The number of nitrogens with two attached hydrogens (primary N) is 1. The van der Waals surface area contributed by atoms with E-state index in [1.54, 1.807) is 18.6 Å². The van der Waals surface area contributed by atoms with Crippen molar-refractivity contribution in [2.45, 2.75) is 13.0 Å². The van der Waals surface area contributed by atoms with Crippen LogP contribution in [0.15, 0.2) is 61.2 Å². The summed E-state index contributed by atoms with van der Waals surface area (Å²) < 4.78 is 7.79. The third-order valence-electron chi connectivity index (χ3n) is 4.62. The van der Waals surface area contributed by atoms with Crippen molar-refractivity contribution in [3.63, 3.8) is 0 Å². The highest BCUT2D eigenvalue weighted by Crippen LogP contribution is 2.26. The molecule has 28 heavy (non-hydrogen) atoms. The van der Waals surface area contributed by atoms with Gasteiger partial charge in [0, 0.05) is 67.3 Å². The van der Waals surface area contributed by atoms with Gasteiger partial charge < -0.3 is 20.4 Å². The molecule has 0 bridgehead atoms. The number of nitrogens with zero attached hydrogens (tertiary/aromatic N) is 4. The lowest BCUT2D eigenvalue weighted by Crippen LogP contribution is -2.07. The van der Waals surface area contributed by atoms with Crippen LogP contribution in [-0.2, 0) is 20.0 Å². The number of pyridine rings is 2. The second kappa shape index (κ2) is 7.96. The van der Waals surface area contributed by atoms with Crippen LogP contribution in [-0.4, -0.2) is 26.1 Å². The molecule has 3 aromatic heterocycles. The van der Waals surface area contributed by atoms with Gasteiger partial charge in [0.15, 0.2) is 0 Å². The number of hydrogen-bond acceptors (Lipinski definition) is 6. The average Bonchev–Trinajstić information content (AvgIpc) is 3.12. The van der Waals surface area contributed by atoms with E-state index in [0.717, 1.165) is 34.3 Å². The first-order valence-electron chi connectivity index (χ1n) is 9.12. The van der Waals surface area contributed by atoms with Crippen LogP contribution in [0.4, 0.5) is 11.5 Å². The van der Waals surface area contributed by atoms with Crippen LogP contribution in [0.5, 0.6) is 5.88 Å². The van der Waals surface area contributed by atoms with Crippen LogP contribution in [0.2, 0.25) is 0 Å². The summed E-state index contributed by atoms with van der Waals surface area (Å²) in [4.78, 5) is 12.7. The minimum atomic E-state index is 0.532. The van der Waals surface area contributed by atoms with E-state index in [-0.39, 0.29) is 0 Å². The minimum Gasteiger partial charge on any atom is -0.477 e. The lowest BCUT2D eigenvalue weighted by Gasteiger charge is -2.11. The van der Waals surface area contributed by atoms with E-state index in [1.165, 1.54) is 0 Å². The minimum absolute atomic E-state index is 0.532. The standard InChI is InChI=1S/C21H22N6O/c1-27-11-10-23-19(27)7-12-28-20-13-15(5-8-24-20)14-26-18-4-2-3-17-16(18)6-9-25-21(17)22/h2-6,8-11,13,26H,7,12,14H2,1H3,(H2,22,25). The SMILES string of the molecule is Cn1ccnc1CCOc1cc(CNc2cccc3c(N)nccc23)ccn1. The lowest BCUT2D eigenvalue weighted by atomic mass is 10.1. The van der Waals surface area contributed by atoms with Gasteiger partial charge in [0.25, 0.3) is 0 Å². The van der Waals surface area contributed by atoms with Crippen molar-refractivity contribution in [3.05, 3.63) is 72.6 Å². The second-order valence-corrected chi connectivity index (χ2v) is 6.51. The fourth-order valence-electron chi connectivity index (χ4n) is 3.10. The molecule has 0 atom stereocenters. The molecule has 1 aromatic carbocycles. The van der Waals surface area contributed by atoms with Gasteiger partial charge in [-0.2, -0.15) is 0 Å². The van der Waals surface area contributed by atoms with Crippen molar-refractivity contribution in [1.29, 1.82) is 0 Å². The molecule has 0 aliphatic carbocycles. The summed E-state index contributed by atoms with van der Waals surface area (Å²) >= 11 is 0. The number of aryl methyl sites for hydroxylation is 1. The van der Waals surface area contributed by atoms with E-state index in [0.29, 0.717) is 24.8 Å². The van der Waals surface area contributed by atoms with Crippen molar-refractivity contribution in [2.75, 3.05) is 17.7 Å². The molecule has 4 rings (SSSR count). The van der Waals surface area contributed by atoms with Crippen LogP contribution in [0.1, 0.15) is 11.4 Å². The highest BCUT2D eigenvalue weighted by Gasteiger charge is 2.05. The Labute approximate surface area is 163 Å². The summed E-state index contributed by atoms with van der Waals surface area (Å²) in [6.45, 7) is 1.18. The molecule has 0 saturated carbocycles. The monoisotopic (exact) mass is 374 g/mol. The number of imidazole rings is 1. The molecule has 0 aliphatic rings. The fourth-order valence-corrected chi connectivity index (χ4v) is 3.10. The molecule has 7 nitrogen and oxygen atoms in total. The van der Waals surface area contributed by atoms with Gasteiger partial charge in [0.05, 0.1) is 6.61 Å². The van der Waals surface area contributed by atoms with Crippen LogP contribution in [0, 0.1) is 0 Å². The van der Waals surface area contributed by atoms with Crippen molar-refractivity contribution < 1.29 is 4.74 Å². The van der Waals surface area contributed by atoms with E-state index >= 15 is 0 Å². The molecule has 7 heteroatoms. The van der Waals surface area contributed by atoms with Crippen LogP contribution in [0.3, 0.4) is 0 Å². The summed E-state index contributed by atoms with van der Waals surface area (Å²) in [6, 6.07) is 11.9. The first-order chi connectivity index (χ1) is 13.7. The van der Waals surface area contributed by atoms with Gasteiger partial charge in [-0.25, -0.2) is 15.0 Å². The van der Waals surface area contributed by atoms with Gasteiger partial charge in [0.2, 0.25) is 5.88 Å². The molecule has 0 aliphatic heterocycles. The molecule has 0 amide bonds. The molecule has 0 unspecified atom stereocenters. The van der Waals surface area contributed by atoms with Crippen molar-refractivity contribution >= 4 is 22.3 Å². The van der Waals surface area contributed by atoms with E-state index < -0.39 is 0 Å². The Bertz CT molecular complexity index is 1090. The zero-order valence-corrected chi connectivity index (χ0v) is 15.7. The number of rotatable bonds is 7. The van der Waals surface area contributed by atoms with Gasteiger partial charge in [-0.1, -0.05) is 12.1 Å². The number of benzene rings is 1. The maximum Gasteiger partial charge on any atom is 0.213 e. The Hall–Kier alpha value is -3.61. The number of nitrogens with one attached hydrogen (secondary N) is 1. The molecule has 3 N–H and O–H groups in total. The van der Waals surface area contributed by atoms with Gasteiger partial charge in [-0.05, 0) is 23.8 Å². The van der Waals surface area contributed by atoms with Gasteiger partial charge in [0.1, 0.15) is 11.6 Å². The maximum absolute atomic E-state index is 5.97. The van der Waals surface area contributed by atoms with E-state index in [9.17, 15) is 0 Å². The van der Waals surface area contributed by atoms with Crippen molar-refractivity contribution in [2.24, 2.45) is 7.05 Å². The number of fused-ring (bicyclic) bond motifs is 1. The molecule has 0 fully saturated rings. The number of nitrogen functional groups attached to an aromatic ring is 1. The largest absolute Gasteiger partial charge is 0.477 e. The summed E-state index contributed by atoms with van der Waals surface area (Å²) in [5.74, 6) is 2.14. The number of anilines is 2. The van der Waals surface area contributed by atoms with E-state index in [1.807, 2.05) is 54.2 Å². The molecule has 4 aromatic rings. The molecule has 3 heterocycles. The zero-order chi connectivity index (χ0) is 19.3. The smallest absolute Gasteiger partial charge is 0.213 e. The van der Waals surface area contributed by atoms with Gasteiger partial charge in [-0.3, -0.25) is 0 Å². The molecular weight excluding hydrogens is 352 g/mol. The maximum atomic E-state index is 5.97. The third kappa shape index (κ3) is 3.88. The Kier molecular flexibility index (Phi) is 5.05. The topological polar surface area (TPSA) is 90.9 Å². The first-order valence-corrected chi connectivity index (χ1v) is 9.12. The predicted molar refractivity (Wildman–Crippen MR) is 110 cm³/mol. The third-order valence-corrected chi connectivity index (χ3v) is 4.62. The molecule has 0 spiro atoms. The van der Waals surface area contributed by atoms with E-state index in [2.05, 4.69) is 20.3 Å². The summed E-state index contributed by atoms with van der Waals surface area (Å²) in [7, 11) is 1.98. The summed E-state index contributed by atoms with van der Waals surface area (Å²) in [6.07, 6.45) is 7.94. The fraction of sp³-hybridized carbons (Fsp3) is 0.190. The Balaban J connectivity index is 1.40. The van der Waals surface area contributed by atoms with E-state index in [4.69, 9.17) is 10.5 Å². The highest BCUT2D eigenvalue weighted by atomic mass is 16.5. The first kappa shape index (κ1) is 17.8. The number of hydrogen-bond donors (Lipinski definition) is 2. The number of ether oxygens (including phenoxy) is 1. The van der Waals surface area contributed by atoms with Crippen molar-refractivity contribution in [3.8, 4) is 5.88 Å². The molecule has 142 valence electrons. The molecular formula is C21H22N6O. The van der Waals surface area contributed by atoms with Crippen LogP contribution < -0.4 is 15.8 Å². The van der Waals surface area contributed by atoms with Crippen LogP contribution >= 0.6 is 0 Å². The molecule has 0 radical (unpaired) electrons. The lowest BCUT2D eigenvalue weighted by molar-refractivity contribution is 0.305. The Morgan fingerprint density at radius 2 is 1.93 bits per heavy atom. The Morgan fingerprint density at radius 1 is 1.04 bits per heavy atom. The predicted octanol–water partition coefficient (Wildman–Crippen LogP) is 3.18. The normalized spacial score (nSPS) is 10.9. The van der Waals surface area contributed by atoms with Gasteiger partial charge in [-0.15, -0.1) is 0 Å². The summed E-state index contributed by atoms with van der Waals surface area (Å²) in [5.41, 5.74) is 8.07.